The molecular weight excluding hydrogens is 503 g/mol. The van der Waals surface area contributed by atoms with Crippen LogP contribution in [0, 0.1) is 0 Å². The second-order valence-electron chi connectivity index (χ2n) is 6.88. The molecule has 1 fully saturated rings. The van der Waals surface area contributed by atoms with Crippen LogP contribution in [0.1, 0.15) is 37.6 Å². The zero-order valence-electron chi connectivity index (χ0n) is 16.8. The fourth-order valence-corrected chi connectivity index (χ4v) is 3.27. The third-order valence-corrected chi connectivity index (χ3v) is 5.01. The van der Waals surface area contributed by atoms with Gasteiger partial charge in [0.2, 0.25) is 0 Å². The topological polar surface area (TPSA) is 76.4 Å². The maximum absolute atomic E-state index is 5.97. The lowest BCUT2D eigenvalue weighted by atomic mass is 10.1. The Balaban J connectivity index is 0.00000300. The molecule has 9 heteroatoms. The lowest BCUT2D eigenvalue weighted by Crippen LogP contribution is -2.43. The van der Waals surface area contributed by atoms with Gasteiger partial charge < -0.3 is 19.9 Å². The SMILES string of the molecule is CCc1nncn1CCNC(=NCc1ccc(Cl)cc1)NCC1CCCCO1.I. The Morgan fingerprint density at radius 1 is 1.28 bits per heavy atom. The standard InChI is InChI=1S/C20H29ClN6O.HI/c1-2-19-26-25-15-27(19)11-10-22-20(24-14-18-5-3-4-12-28-18)23-13-16-6-8-17(21)9-7-16;/h6-9,15,18H,2-5,10-14H2,1H3,(H2,22,23,24);1H. The van der Waals surface area contributed by atoms with E-state index < -0.39 is 0 Å². The van der Waals surface area contributed by atoms with Crippen molar-refractivity contribution in [2.75, 3.05) is 19.7 Å². The van der Waals surface area contributed by atoms with Crippen LogP contribution in [-0.2, 0) is 24.2 Å². The zero-order valence-corrected chi connectivity index (χ0v) is 19.9. The highest BCUT2D eigenvalue weighted by Gasteiger charge is 2.14. The normalized spacial score (nSPS) is 16.9. The largest absolute Gasteiger partial charge is 0.376 e. The summed E-state index contributed by atoms with van der Waals surface area (Å²) in [6.07, 6.45) is 6.37. The molecule has 3 rings (SSSR count). The molecule has 1 aliphatic heterocycles. The summed E-state index contributed by atoms with van der Waals surface area (Å²) in [7, 11) is 0. The molecular formula is C20H30ClIN6O. The summed E-state index contributed by atoms with van der Waals surface area (Å²) in [5.74, 6) is 1.78. The third-order valence-electron chi connectivity index (χ3n) is 4.76. The molecule has 1 saturated heterocycles. The van der Waals surface area contributed by atoms with Crippen molar-refractivity contribution in [2.45, 2.75) is 51.8 Å². The van der Waals surface area contributed by atoms with Gasteiger partial charge in [0.25, 0.3) is 0 Å². The van der Waals surface area contributed by atoms with Crippen molar-refractivity contribution in [2.24, 2.45) is 4.99 Å². The number of nitrogens with one attached hydrogen (secondary N) is 2. The molecule has 2 heterocycles. The van der Waals surface area contributed by atoms with Gasteiger partial charge in [-0.2, -0.15) is 0 Å². The number of aromatic nitrogens is 3. The number of hydrogen-bond acceptors (Lipinski definition) is 4. The van der Waals surface area contributed by atoms with Gasteiger partial charge in [-0.05, 0) is 37.0 Å². The summed E-state index contributed by atoms with van der Waals surface area (Å²) >= 11 is 5.97. The minimum atomic E-state index is 0. The molecule has 0 spiro atoms. The zero-order chi connectivity index (χ0) is 19.6. The van der Waals surface area contributed by atoms with Gasteiger partial charge in [0, 0.05) is 37.7 Å². The van der Waals surface area contributed by atoms with E-state index in [-0.39, 0.29) is 30.1 Å². The minimum absolute atomic E-state index is 0. The number of aryl methyl sites for hydroxylation is 1. The van der Waals surface area contributed by atoms with E-state index in [9.17, 15) is 0 Å². The number of hydrogen-bond donors (Lipinski definition) is 2. The number of guanidine groups is 1. The van der Waals surface area contributed by atoms with Crippen LogP contribution in [0.15, 0.2) is 35.6 Å². The van der Waals surface area contributed by atoms with Gasteiger partial charge in [-0.3, -0.25) is 0 Å². The molecule has 1 aromatic heterocycles. The molecule has 0 saturated carbocycles. The summed E-state index contributed by atoms with van der Waals surface area (Å²) in [5, 5.41) is 15.7. The van der Waals surface area contributed by atoms with E-state index in [1.807, 2.05) is 24.3 Å². The van der Waals surface area contributed by atoms with Crippen molar-refractivity contribution in [3.63, 3.8) is 0 Å². The Bertz CT molecular complexity index is 746. The fourth-order valence-electron chi connectivity index (χ4n) is 3.15. The van der Waals surface area contributed by atoms with Crippen LogP contribution in [0.5, 0.6) is 0 Å². The van der Waals surface area contributed by atoms with Crippen LogP contribution < -0.4 is 10.6 Å². The Hall–Kier alpha value is -1.39. The highest BCUT2D eigenvalue weighted by Crippen LogP contribution is 2.12. The average Bonchev–Trinajstić information content (AvgIpc) is 3.19. The molecule has 0 radical (unpaired) electrons. The van der Waals surface area contributed by atoms with Crippen LogP contribution in [-0.4, -0.2) is 46.5 Å². The second kappa shape index (κ2) is 13.0. The smallest absolute Gasteiger partial charge is 0.191 e. The molecule has 1 unspecified atom stereocenters. The first kappa shape index (κ1) is 23.9. The van der Waals surface area contributed by atoms with Gasteiger partial charge in [0.1, 0.15) is 12.2 Å². The van der Waals surface area contributed by atoms with E-state index in [1.165, 1.54) is 6.42 Å². The second-order valence-corrected chi connectivity index (χ2v) is 7.32. The first-order valence-corrected chi connectivity index (χ1v) is 10.4. The Kier molecular flexibility index (Phi) is 10.7. The maximum Gasteiger partial charge on any atom is 0.191 e. The van der Waals surface area contributed by atoms with E-state index in [1.54, 1.807) is 6.33 Å². The van der Waals surface area contributed by atoms with Crippen molar-refractivity contribution in [1.29, 1.82) is 0 Å². The van der Waals surface area contributed by atoms with Crippen LogP contribution in [0.2, 0.25) is 5.02 Å². The number of halogens is 2. The first-order valence-electron chi connectivity index (χ1n) is 9.99. The molecule has 0 aliphatic carbocycles. The van der Waals surface area contributed by atoms with Crippen LogP contribution in [0.25, 0.3) is 0 Å². The molecule has 29 heavy (non-hydrogen) atoms. The van der Waals surface area contributed by atoms with Crippen molar-refractivity contribution in [3.8, 4) is 0 Å². The number of nitrogens with zero attached hydrogens (tertiary/aromatic N) is 4. The third kappa shape index (κ3) is 8.10. The van der Waals surface area contributed by atoms with E-state index in [4.69, 9.17) is 21.3 Å². The first-order chi connectivity index (χ1) is 13.7. The van der Waals surface area contributed by atoms with Gasteiger partial charge in [0.05, 0.1) is 12.6 Å². The van der Waals surface area contributed by atoms with E-state index in [0.29, 0.717) is 6.54 Å². The highest BCUT2D eigenvalue weighted by atomic mass is 127. The van der Waals surface area contributed by atoms with Gasteiger partial charge in [0.15, 0.2) is 5.96 Å². The molecule has 7 nitrogen and oxygen atoms in total. The van der Waals surface area contributed by atoms with Gasteiger partial charge in [-0.1, -0.05) is 30.7 Å². The van der Waals surface area contributed by atoms with E-state index in [0.717, 1.165) is 67.9 Å². The van der Waals surface area contributed by atoms with E-state index >= 15 is 0 Å². The minimum Gasteiger partial charge on any atom is -0.376 e. The van der Waals surface area contributed by atoms with E-state index in [2.05, 4.69) is 32.3 Å². The Labute approximate surface area is 194 Å². The lowest BCUT2D eigenvalue weighted by molar-refractivity contribution is 0.0194. The molecule has 0 amide bonds. The molecule has 2 N–H and O–H groups in total. The summed E-state index contributed by atoms with van der Waals surface area (Å²) < 4.78 is 7.88. The summed E-state index contributed by atoms with van der Waals surface area (Å²) in [6, 6.07) is 7.78. The molecule has 1 atom stereocenters. The molecule has 0 bridgehead atoms. The highest BCUT2D eigenvalue weighted by molar-refractivity contribution is 14.0. The molecule has 2 aromatic rings. The predicted molar refractivity (Wildman–Crippen MR) is 127 cm³/mol. The van der Waals surface area contributed by atoms with Crippen molar-refractivity contribution < 1.29 is 4.74 Å². The molecule has 1 aliphatic rings. The summed E-state index contributed by atoms with van der Waals surface area (Å²) in [6.45, 7) is 5.81. The average molecular weight is 533 g/mol. The molecule has 160 valence electrons. The van der Waals surface area contributed by atoms with Crippen molar-refractivity contribution in [3.05, 3.63) is 47.0 Å². The van der Waals surface area contributed by atoms with Gasteiger partial charge in [-0.15, -0.1) is 34.2 Å². The Morgan fingerprint density at radius 3 is 2.83 bits per heavy atom. The number of aliphatic imine (C=N–C) groups is 1. The number of ether oxygens (including phenoxy) is 1. The van der Waals surface area contributed by atoms with Crippen LogP contribution in [0.3, 0.4) is 0 Å². The number of rotatable bonds is 8. The van der Waals surface area contributed by atoms with Gasteiger partial charge >= 0.3 is 0 Å². The van der Waals surface area contributed by atoms with Crippen molar-refractivity contribution in [1.82, 2.24) is 25.4 Å². The van der Waals surface area contributed by atoms with Crippen LogP contribution in [0.4, 0.5) is 0 Å². The maximum atomic E-state index is 5.97. The predicted octanol–water partition coefficient (Wildman–Crippen LogP) is 3.42. The fraction of sp³-hybridized carbons (Fsp3) is 0.550. The summed E-state index contributed by atoms with van der Waals surface area (Å²) in [5.41, 5.74) is 1.12. The monoisotopic (exact) mass is 532 g/mol. The number of benzene rings is 1. The Morgan fingerprint density at radius 2 is 2.10 bits per heavy atom. The summed E-state index contributed by atoms with van der Waals surface area (Å²) in [4.78, 5) is 4.72. The van der Waals surface area contributed by atoms with Crippen molar-refractivity contribution >= 4 is 41.5 Å². The lowest BCUT2D eigenvalue weighted by Gasteiger charge is -2.24. The van der Waals surface area contributed by atoms with Crippen LogP contribution >= 0.6 is 35.6 Å². The quantitative estimate of drug-likeness (QED) is 0.310. The van der Waals surface area contributed by atoms with Gasteiger partial charge in [-0.25, -0.2) is 4.99 Å². The molecule has 1 aromatic carbocycles.